The van der Waals surface area contributed by atoms with Crippen molar-refractivity contribution in [2.75, 3.05) is 5.32 Å². The van der Waals surface area contributed by atoms with Crippen molar-refractivity contribution >= 4 is 17.5 Å². The fourth-order valence-corrected chi connectivity index (χ4v) is 3.49. The Labute approximate surface area is 180 Å². The van der Waals surface area contributed by atoms with Gasteiger partial charge in [-0.05, 0) is 31.4 Å². The lowest BCUT2D eigenvalue weighted by molar-refractivity contribution is -0.142. The molecule has 0 radical (unpaired) electrons. The summed E-state index contributed by atoms with van der Waals surface area (Å²) < 4.78 is 42.8. The normalized spacial score (nSPS) is 14.1. The van der Waals surface area contributed by atoms with Gasteiger partial charge in [-0.15, -0.1) is 5.10 Å². The van der Waals surface area contributed by atoms with Crippen molar-refractivity contribution in [2.45, 2.75) is 38.4 Å². The molecule has 164 valence electrons. The number of aromatic nitrogens is 6. The fourth-order valence-electron chi connectivity index (χ4n) is 3.49. The molecule has 1 aliphatic rings. The van der Waals surface area contributed by atoms with E-state index in [1.165, 1.54) is 12.4 Å². The van der Waals surface area contributed by atoms with Crippen molar-refractivity contribution in [1.29, 1.82) is 0 Å². The molecule has 3 heterocycles. The number of carbonyl (C=O) groups is 1. The first kappa shape index (κ1) is 20.2. The van der Waals surface area contributed by atoms with E-state index in [9.17, 15) is 18.0 Å². The van der Waals surface area contributed by atoms with Crippen molar-refractivity contribution in [1.82, 2.24) is 29.4 Å². The molecule has 1 saturated carbocycles. The average Bonchev–Trinajstić information content (AvgIpc) is 3.34. The third kappa shape index (κ3) is 4.05. The molecule has 11 heteroatoms. The van der Waals surface area contributed by atoms with Gasteiger partial charge in [0.1, 0.15) is 12.0 Å². The summed E-state index contributed by atoms with van der Waals surface area (Å²) in [6.07, 6.45) is -1.55. The summed E-state index contributed by atoms with van der Waals surface area (Å²) in [5, 5.41) is 10.5. The van der Waals surface area contributed by atoms with E-state index < -0.39 is 17.8 Å². The highest BCUT2D eigenvalue weighted by molar-refractivity contribution is 6.02. The number of fused-ring (bicyclic) bond motifs is 1. The molecule has 0 spiro atoms. The van der Waals surface area contributed by atoms with E-state index in [1.807, 2.05) is 31.2 Å². The highest BCUT2D eigenvalue weighted by atomic mass is 19.4. The standard InChI is InChI=1S/C21H18F3N7O/c1-12-3-2-4-13(7-12)10-30-11-25-20(29-30)27-19(32)16-9-18-26-15(14-5-6-14)8-17(21(22,23)24)31(18)28-16/h2-4,7-9,11,14H,5-6,10H2,1H3,(H,27,29,32). The number of nitrogens with zero attached hydrogens (tertiary/aromatic N) is 6. The second kappa shape index (κ2) is 7.43. The smallest absolute Gasteiger partial charge is 0.288 e. The second-order valence-electron chi connectivity index (χ2n) is 7.85. The Balaban J connectivity index is 1.38. The molecule has 32 heavy (non-hydrogen) atoms. The molecule has 0 saturated heterocycles. The Morgan fingerprint density at radius 3 is 2.72 bits per heavy atom. The lowest BCUT2D eigenvalue weighted by Gasteiger charge is -2.10. The van der Waals surface area contributed by atoms with Crippen molar-refractivity contribution in [3.8, 4) is 0 Å². The molecule has 8 nitrogen and oxygen atoms in total. The summed E-state index contributed by atoms with van der Waals surface area (Å²) >= 11 is 0. The van der Waals surface area contributed by atoms with Gasteiger partial charge in [0, 0.05) is 17.7 Å². The highest BCUT2D eigenvalue weighted by Gasteiger charge is 2.37. The van der Waals surface area contributed by atoms with Gasteiger partial charge in [0.2, 0.25) is 5.95 Å². The van der Waals surface area contributed by atoms with Gasteiger partial charge >= 0.3 is 6.18 Å². The summed E-state index contributed by atoms with van der Waals surface area (Å²) in [4.78, 5) is 20.9. The van der Waals surface area contributed by atoms with Gasteiger partial charge in [-0.25, -0.2) is 19.2 Å². The van der Waals surface area contributed by atoms with Crippen LogP contribution in [-0.4, -0.2) is 35.3 Å². The van der Waals surface area contributed by atoms with Gasteiger partial charge < -0.3 is 0 Å². The average molecular weight is 441 g/mol. The zero-order chi connectivity index (χ0) is 22.5. The predicted molar refractivity (Wildman–Crippen MR) is 108 cm³/mol. The van der Waals surface area contributed by atoms with Gasteiger partial charge in [0.05, 0.1) is 6.54 Å². The van der Waals surface area contributed by atoms with E-state index in [2.05, 4.69) is 25.5 Å². The lowest BCUT2D eigenvalue weighted by Crippen LogP contribution is -2.16. The van der Waals surface area contributed by atoms with Crippen molar-refractivity contribution in [3.63, 3.8) is 0 Å². The van der Waals surface area contributed by atoms with E-state index in [1.54, 1.807) is 4.68 Å². The first-order valence-corrected chi connectivity index (χ1v) is 10.0. The van der Waals surface area contributed by atoms with Crippen LogP contribution in [0.3, 0.4) is 0 Å². The van der Waals surface area contributed by atoms with Crippen molar-refractivity contribution in [2.24, 2.45) is 0 Å². The summed E-state index contributed by atoms with van der Waals surface area (Å²) in [5.41, 5.74) is 1.32. The maximum Gasteiger partial charge on any atom is 0.433 e. The Bertz CT molecular complexity index is 1320. The van der Waals surface area contributed by atoms with Crippen LogP contribution in [0.5, 0.6) is 0 Å². The van der Waals surface area contributed by atoms with Gasteiger partial charge in [0.25, 0.3) is 5.91 Å². The van der Waals surface area contributed by atoms with E-state index in [4.69, 9.17) is 0 Å². The molecule has 1 aromatic carbocycles. The predicted octanol–water partition coefficient (Wildman–Crippen LogP) is 3.83. The Hall–Kier alpha value is -3.76. The molecular weight excluding hydrogens is 423 g/mol. The minimum absolute atomic E-state index is 0.0230. The lowest BCUT2D eigenvalue weighted by atomic mass is 10.1. The number of halogens is 3. The summed E-state index contributed by atoms with van der Waals surface area (Å²) in [5.74, 6) is -0.665. The van der Waals surface area contributed by atoms with Crippen LogP contribution in [0.25, 0.3) is 5.65 Å². The number of carbonyl (C=O) groups excluding carboxylic acids is 1. The number of hydrogen-bond donors (Lipinski definition) is 1. The Morgan fingerprint density at radius 1 is 1.19 bits per heavy atom. The maximum atomic E-state index is 13.5. The molecule has 0 bridgehead atoms. The van der Waals surface area contributed by atoms with Gasteiger partial charge in [-0.3, -0.25) is 10.1 Å². The molecule has 1 amide bonds. The van der Waals surface area contributed by atoms with Crippen LogP contribution in [0.2, 0.25) is 0 Å². The summed E-state index contributed by atoms with van der Waals surface area (Å²) in [6.45, 7) is 2.44. The Kier molecular flexibility index (Phi) is 4.68. The topological polar surface area (TPSA) is 90.0 Å². The van der Waals surface area contributed by atoms with Gasteiger partial charge in [0.15, 0.2) is 11.3 Å². The molecule has 1 fully saturated rings. The number of nitrogens with one attached hydrogen (secondary N) is 1. The van der Waals surface area contributed by atoms with Gasteiger partial charge in [-0.1, -0.05) is 29.8 Å². The van der Waals surface area contributed by atoms with Crippen LogP contribution in [0.1, 0.15) is 51.8 Å². The third-order valence-corrected chi connectivity index (χ3v) is 5.15. The maximum absolute atomic E-state index is 13.5. The molecular formula is C21H18F3N7O. The number of alkyl halides is 3. The first-order valence-electron chi connectivity index (χ1n) is 10.0. The molecule has 1 aliphatic carbocycles. The number of amides is 1. The van der Waals surface area contributed by atoms with Crippen molar-refractivity contribution < 1.29 is 18.0 Å². The number of rotatable bonds is 5. The minimum atomic E-state index is -4.62. The number of anilines is 1. The molecule has 5 rings (SSSR count). The number of benzene rings is 1. The zero-order valence-corrected chi connectivity index (χ0v) is 17.0. The second-order valence-corrected chi connectivity index (χ2v) is 7.85. The summed E-state index contributed by atoms with van der Waals surface area (Å²) in [6, 6.07) is 10.1. The largest absolute Gasteiger partial charge is 0.433 e. The molecule has 0 atom stereocenters. The highest BCUT2D eigenvalue weighted by Crippen LogP contribution is 2.41. The quantitative estimate of drug-likeness (QED) is 0.509. The van der Waals surface area contributed by atoms with E-state index in [0.29, 0.717) is 16.8 Å². The SMILES string of the molecule is Cc1cccc(Cn2cnc(NC(=O)c3cc4nc(C5CC5)cc(C(F)(F)F)n4n3)n2)c1. The Morgan fingerprint density at radius 2 is 2.00 bits per heavy atom. The number of hydrogen-bond acceptors (Lipinski definition) is 5. The molecule has 1 N–H and O–H groups in total. The molecule has 0 aliphatic heterocycles. The van der Waals surface area contributed by atoms with Crippen LogP contribution in [0.15, 0.2) is 42.7 Å². The molecule has 3 aromatic heterocycles. The van der Waals surface area contributed by atoms with E-state index >= 15 is 0 Å². The van der Waals surface area contributed by atoms with Crippen LogP contribution < -0.4 is 5.32 Å². The third-order valence-electron chi connectivity index (χ3n) is 5.15. The molecule has 0 unspecified atom stereocenters. The van der Waals surface area contributed by atoms with Crippen LogP contribution in [0.4, 0.5) is 19.1 Å². The van der Waals surface area contributed by atoms with Crippen molar-refractivity contribution in [3.05, 3.63) is 70.9 Å². The van der Waals surface area contributed by atoms with Crippen LogP contribution in [0, 0.1) is 6.92 Å². The molecule has 4 aromatic rings. The zero-order valence-electron chi connectivity index (χ0n) is 17.0. The monoisotopic (exact) mass is 441 g/mol. The van der Waals surface area contributed by atoms with Crippen LogP contribution >= 0.6 is 0 Å². The van der Waals surface area contributed by atoms with E-state index in [-0.39, 0.29) is 23.2 Å². The van der Waals surface area contributed by atoms with Gasteiger partial charge in [-0.2, -0.15) is 18.3 Å². The number of aryl methyl sites for hydroxylation is 1. The fraction of sp³-hybridized carbons (Fsp3) is 0.286. The van der Waals surface area contributed by atoms with Crippen LogP contribution in [-0.2, 0) is 12.7 Å². The minimum Gasteiger partial charge on any atom is -0.288 e. The first-order chi connectivity index (χ1) is 15.3. The van der Waals surface area contributed by atoms with E-state index in [0.717, 1.165) is 30.0 Å². The summed E-state index contributed by atoms with van der Waals surface area (Å²) in [7, 11) is 0.